The molecule has 1 rings (SSSR count). The van der Waals surface area contributed by atoms with E-state index in [1.54, 1.807) is 6.92 Å². The number of methoxy groups -OCH3 is 1. The summed E-state index contributed by atoms with van der Waals surface area (Å²) in [4.78, 5) is 11.3. The second-order valence-corrected chi connectivity index (χ2v) is 6.89. The minimum Gasteiger partial charge on any atom is -0.465 e. The van der Waals surface area contributed by atoms with E-state index in [-0.39, 0.29) is 29.5 Å². The predicted molar refractivity (Wildman–Crippen MR) is 77.0 cm³/mol. The number of sulfonamides is 1. The number of carbonyl (C=O) groups is 1. The summed E-state index contributed by atoms with van der Waals surface area (Å²) in [6.07, 6.45) is 0. The average molecular weight is 317 g/mol. The van der Waals surface area contributed by atoms with E-state index < -0.39 is 21.8 Å². The second kappa shape index (κ2) is 7.00. The molecule has 0 aliphatic carbocycles. The Bertz CT molecular complexity index is 613. The van der Waals surface area contributed by atoms with Crippen molar-refractivity contribution in [1.29, 1.82) is 0 Å². The molecule has 0 saturated heterocycles. The smallest absolute Gasteiger partial charge is 0.339 e. The van der Waals surface area contributed by atoms with Crippen LogP contribution in [0.2, 0.25) is 0 Å². The zero-order chi connectivity index (χ0) is 16.2. The fraction of sp³-hybridized carbons (Fsp3) is 0.500. The average Bonchev–Trinajstić information content (AvgIpc) is 2.43. The number of hydrogen-bond acceptors (Lipinski definition) is 4. The summed E-state index contributed by atoms with van der Waals surface area (Å²) in [5.74, 6) is -1.43. The van der Waals surface area contributed by atoms with E-state index >= 15 is 0 Å². The largest absolute Gasteiger partial charge is 0.465 e. The fourth-order valence-corrected chi connectivity index (χ4v) is 3.74. The molecular weight excluding hydrogens is 297 g/mol. The Balaban J connectivity index is 3.42. The second-order valence-electron chi connectivity index (χ2n) is 4.98. The third-order valence-electron chi connectivity index (χ3n) is 2.89. The Morgan fingerprint density at radius 1 is 1.38 bits per heavy atom. The van der Waals surface area contributed by atoms with E-state index in [4.69, 9.17) is 0 Å². The van der Waals surface area contributed by atoms with Crippen molar-refractivity contribution in [2.24, 2.45) is 5.92 Å². The molecule has 0 aromatic heterocycles. The number of rotatable bonds is 6. The topological polar surface area (TPSA) is 63.7 Å². The number of esters is 1. The first-order chi connectivity index (χ1) is 9.73. The van der Waals surface area contributed by atoms with Crippen molar-refractivity contribution in [3.8, 4) is 0 Å². The molecule has 7 heteroatoms. The van der Waals surface area contributed by atoms with Crippen molar-refractivity contribution < 1.29 is 22.3 Å². The van der Waals surface area contributed by atoms with Crippen LogP contribution < -0.4 is 0 Å². The van der Waals surface area contributed by atoms with Gasteiger partial charge in [0.1, 0.15) is 5.82 Å². The Morgan fingerprint density at radius 2 is 2.00 bits per heavy atom. The Kier molecular flexibility index (Phi) is 5.86. The molecule has 0 amide bonds. The lowest BCUT2D eigenvalue weighted by atomic mass is 10.2. The zero-order valence-electron chi connectivity index (χ0n) is 12.6. The molecule has 1 aromatic carbocycles. The lowest BCUT2D eigenvalue weighted by molar-refractivity contribution is 0.0596. The molecule has 21 heavy (non-hydrogen) atoms. The maximum atomic E-state index is 13.4. The predicted octanol–water partition coefficient (Wildman–Crippen LogP) is 2.28. The highest BCUT2D eigenvalue weighted by atomic mass is 32.2. The van der Waals surface area contributed by atoms with Gasteiger partial charge in [-0.05, 0) is 24.1 Å². The van der Waals surface area contributed by atoms with Gasteiger partial charge in [-0.15, -0.1) is 0 Å². The number of carbonyl (C=O) groups excluding carboxylic acids is 1. The monoisotopic (exact) mass is 317 g/mol. The number of halogens is 1. The zero-order valence-corrected chi connectivity index (χ0v) is 13.4. The molecule has 5 nitrogen and oxygen atoms in total. The van der Waals surface area contributed by atoms with Crippen LogP contribution in [0.1, 0.15) is 31.1 Å². The molecular formula is C14H20FNO4S. The highest BCUT2D eigenvalue weighted by Gasteiger charge is 2.29. The van der Waals surface area contributed by atoms with Gasteiger partial charge in [-0.25, -0.2) is 17.6 Å². The fourth-order valence-electron chi connectivity index (χ4n) is 1.93. The highest BCUT2D eigenvalue weighted by molar-refractivity contribution is 7.89. The van der Waals surface area contributed by atoms with Crippen LogP contribution in [0.15, 0.2) is 23.1 Å². The molecule has 0 aliphatic heterocycles. The molecule has 0 fully saturated rings. The van der Waals surface area contributed by atoms with E-state index in [0.29, 0.717) is 0 Å². The summed E-state index contributed by atoms with van der Waals surface area (Å²) < 4.78 is 44.5. The molecule has 0 saturated carbocycles. The van der Waals surface area contributed by atoms with Crippen molar-refractivity contribution in [3.05, 3.63) is 29.6 Å². The molecule has 1 aromatic rings. The Hall–Kier alpha value is -1.47. The number of hydrogen-bond donors (Lipinski definition) is 0. The van der Waals surface area contributed by atoms with Crippen LogP contribution in [0.3, 0.4) is 0 Å². The van der Waals surface area contributed by atoms with Gasteiger partial charge in [-0.1, -0.05) is 20.8 Å². The number of benzene rings is 1. The van der Waals surface area contributed by atoms with Crippen LogP contribution in [0, 0.1) is 11.7 Å². The minimum atomic E-state index is -3.96. The molecule has 0 heterocycles. The van der Waals surface area contributed by atoms with Gasteiger partial charge in [0.05, 0.1) is 17.6 Å². The van der Waals surface area contributed by atoms with Crippen LogP contribution >= 0.6 is 0 Å². The highest BCUT2D eigenvalue weighted by Crippen LogP contribution is 2.23. The van der Waals surface area contributed by atoms with Gasteiger partial charge in [0.2, 0.25) is 10.0 Å². The van der Waals surface area contributed by atoms with Crippen LogP contribution in [-0.2, 0) is 14.8 Å². The summed E-state index contributed by atoms with van der Waals surface area (Å²) in [5.41, 5.74) is -0.166. The molecule has 118 valence electrons. The van der Waals surface area contributed by atoms with Crippen molar-refractivity contribution in [1.82, 2.24) is 4.31 Å². The molecule has 0 unspecified atom stereocenters. The van der Waals surface area contributed by atoms with Gasteiger partial charge in [0.25, 0.3) is 0 Å². The molecule has 0 atom stereocenters. The quantitative estimate of drug-likeness (QED) is 0.755. The summed E-state index contributed by atoms with van der Waals surface area (Å²) >= 11 is 0. The van der Waals surface area contributed by atoms with E-state index in [1.165, 1.54) is 4.31 Å². The van der Waals surface area contributed by atoms with E-state index in [1.807, 2.05) is 13.8 Å². The maximum Gasteiger partial charge on any atom is 0.339 e. The van der Waals surface area contributed by atoms with Gasteiger partial charge in [0, 0.05) is 13.1 Å². The molecule has 0 radical (unpaired) electrons. The van der Waals surface area contributed by atoms with Gasteiger partial charge in [0.15, 0.2) is 0 Å². The summed E-state index contributed by atoms with van der Waals surface area (Å²) in [6.45, 7) is 5.97. The van der Waals surface area contributed by atoms with Gasteiger partial charge >= 0.3 is 5.97 Å². The number of ether oxygens (including phenoxy) is 1. The maximum absolute atomic E-state index is 13.4. The van der Waals surface area contributed by atoms with Crippen molar-refractivity contribution in [2.75, 3.05) is 20.2 Å². The van der Waals surface area contributed by atoms with Gasteiger partial charge < -0.3 is 4.74 Å². The van der Waals surface area contributed by atoms with Crippen LogP contribution in [0.4, 0.5) is 4.39 Å². The lowest BCUT2D eigenvalue weighted by Crippen LogP contribution is -2.35. The normalized spacial score (nSPS) is 12.0. The van der Waals surface area contributed by atoms with Crippen LogP contribution in [0.5, 0.6) is 0 Å². The molecule has 0 N–H and O–H groups in total. The summed E-state index contributed by atoms with van der Waals surface area (Å²) in [5, 5.41) is 0. The Morgan fingerprint density at radius 3 is 2.48 bits per heavy atom. The SMILES string of the molecule is CCN(CC(C)C)S(=O)(=O)c1cc(F)ccc1C(=O)OC. The van der Waals surface area contributed by atoms with Crippen LogP contribution in [-0.4, -0.2) is 38.9 Å². The summed E-state index contributed by atoms with van der Waals surface area (Å²) in [7, 11) is -2.82. The van der Waals surface area contributed by atoms with Crippen molar-refractivity contribution in [3.63, 3.8) is 0 Å². The van der Waals surface area contributed by atoms with E-state index in [2.05, 4.69) is 4.74 Å². The van der Waals surface area contributed by atoms with Gasteiger partial charge in [-0.3, -0.25) is 0 Å². The lowest BCUT2D eigenvalue weighted by Gasteiger charge is -2.23. The Labute approximate surface area is 124 Å². The molecule has 0 bridgehead atoms. The first-order valence-corrected chi connectivity index (χ1v) is 8.06. The van der Waals surface area contributed by atoms with E-state index in [9.17, 15) is 17.6 Å². The first kappa shape index (κ1) is 17.6. The molecule has 0 spiro atoms. The van der Waals surface area contributed by atoms with Crippen LogP contribution in [0.25, 0.3) is 0 Å². The standard InChI is InChI=1S/C14H20FNO4S/c1-5-16(9-10(2)3)21(18,19)13-8-11(15)6-7-12(13)14(17)20-4/h6-8,10H,5,9H2,1-4H3. The third-order valence-corrected chi connectivity index (χ3v) is 4.87. The third kappa shape index (κ3) is 4.01. The summed E-state index contributed by atoms with van der Waals surface area (Å²) in [6, 6.07) is 3.01. The van der Waals surface area contributed by atoms with Crippen molar-refractivity contribution >= 4 is 16.0 Å². The minimum absolute atomic E-state index is 0.106. The number of nitrogens with zero attached hydrogens (tertiary/aromatic N) is 1. The first-order valence-electron chi connectivity index (χ1n) is 6.62. The van der Waals surface area contributed by atoms with Crippen molar-refractivity contribution in [2.45, 2.75) is 25.7 Å². The van der Waals surface area contributed by atoms with Gasteiger partial charge in [-0.2, -0.15) is 4.31 Å². The van der Waals surface area contributed by atoms with E-state index in [0.717, 1.165) is 25.3 Å². The molecule has 0 aliphatic rings.